The van der Waals surface area contributed by atoms with Crippen molar-refractivity contribution in [3.05, 3.63) is 70.3 Å². The van der Waals surface area contributed by atoms with Crippen molar-refractivity contribution in [1.29, 1.82) is 0 Å². The van der Waals surface area contributed by atoms with E-state index in [0.29, 0.717) is 11.1 Å². The average molecular weight is 432 g/mol. The van der Waals surface area contributed by atoms with Gasteiger partial charge in [0.15, 0.2) is 0 Å². The lowest BCUT2D eigenvalue weighted by molar-refractivity contribution is -0.135. The Morgan fingerprint density at radius 2 is 1.88 bits per heavy atom. The third-order valence-corrected chi connectivity index (χ3v) is 5.70. The summed E-state index contributed by atoms with van der Waals surface area (Å²) in [6, 6.07) is 9.29. The van der Waals surface area contributed by atoms with Crippen LogP contribution in [0.15, 0.2) is 58.1 Å². The summed E-state index contributed by atoms with van der Waals surface area (Å²) in [5.41, 5.74) is 1.83. The van der Waals surface area contributed by atoms with Crippen molar-refractivity contribution in [3.63, 3.8) is 0 Å². The zero-order valence-electron chi connectivity index (χ0n) is 17.4. The van der Waals surface area contributed by atoms with Crippen molar-refractivity contribution in [2.75, 3.05) is 0 Å². The topological polar surface area (TPSA) is 115 Å². The van der Waals surface area contributed by atoms with Gasteiger partial charge in [0.25, 0.3) is 0 Å². The second-order valence-electron chi connectivity index (χ2n) is 8.06. The number of carbonyl (C=O) groups excluding carboxylic acids is 1. The van der Waals surface area contributed by atoms with Gasteiger partial charge in [-0.15, -0.1) is 0 Å². The van der Waals surface area contributed by atoms with Crippen LogP contribution in [0.1, 0.15) is 43.5 Å². The lowest BCUT2D eigenvalue weighted by Gasteiger charge is -2.27. The van der Waals surface area contributed by atoms with Crippen molar-refractivity contribution in [3.8, 4) is 28.4 Å². The molecule has 0 unspecified atom stereocenters. The fourth-order valence-corrected chi connectivity index (χ4v) is 4.26. The fourth-order valence-electron chi connectivity index (χ4n) is 4.26. The summed E-state index contributed by atoms with van der Waals surface area (Å²) >= 11 is 0. The number of aromatic hydroxyl groups is 2. The molecule has 1 aliphatic rings. The van der Waals surface area contributed by atoms with Crippen LogP contribution in [-0.2, 0) is 4.79 Å². The first-order chi connectivity index (χ1) is 15.3. The van der Waals surface area contributed by atoms with Crippen molar-refractivity contribution >= 4 is 16.9 Å². The molecule has 0 saturated heterocycles. The van der Waals surface area contributed by atoms with Crippen molar-refractivity contribution in [1.82, 2.24) is 9.78 Å². The minimum atomic E-state index is -0.457. The molecule has 0 amide bonds. The van der Waals surface area contributed by atoms with E-state index in [2.05, 4.69) is 5.10 Å². The number of nitrogens with zero attached hydrogens (tertiary/aromatic N) is 2. The number of hydrogen-bond donors (Lipinski definition) is 2. The number of phenolic OH excluding ortho intramolecular Hbond substituents is 2. The second-order valence-corrected chi connectivity index (χ2v) is 8.06. The molecule has 8 nitrogen and oxygen atoms in total. The highest BCUT2D eigenvalue weighted by atomic mass is 16.5. The van der Waals surface area contributed by atoms with Gasteiger partial charge in [-0.25, -0.2) is 0 Å². The van der Waals surface area contributed by atoms with E-state index in [-0.39, 0.29) is 46.2 Å². The largest absolute Gasteiger partial charge is 0.508 e. The molecule has 0 bridgehead atoms. The molecular formula is C24H20N2O6. The molecule has 0 fully saturated rings. The molecule has 0 aliphatic carbocycles. The SMILES string of the molecule is CC(C)n1nccc1[C@H]1CC(=O)Oc2cc(O)c3c(=O)c(-c4ccc(O)cc4)coc3c21. The zero-order valence-corrected chi connectivity index (χ0v) is 17.4. The minimum absolute atomic E-state index is 0.00730. The Morgan fingerprint density at radius 1 is 1.12 bits per heavy atom. The number of benzene rings is 2. The summed E-state index contributed by atoms with van der Waals surface area (Å²) in [6.45, 7) is 3.97. The lowest BCUT2D eigenvalue weighted by Crippen LogP contribution is -2.24. The smallest absolute Gasteiger partial charge is 0.312 e. The molecule has 5 rings (SSSR count). The van der Waals surface area contributed by atoms with Gasteiger partial charge < -0.3 is 19.4 Å². The Morgan fingerprint density at radius 3 is 2.59 bits per heavy atom. The maximum atomic E-state index is 13.3. The molecular weight excluding hydrogens is 412 g/mol. The average Bonchev–Trinajstić information content (AvgIpc) is 3.24. The Hall–Kier alpha value is -4.07. The first kappa shape index (κ1) is 19.9. The molecule has 2 N–H and O–H groups in total. The molecule has 0 radical (unpaired) electrons. The number of phenols is 2. The first-order valence-electron chi connectivity index (χ1n) is 10.2. The predicted octanol–water partition coefficient (Wildman–Crippen LogP) is 4.09. The van der Waals surface area contributed by atoms with E-state index in [0.717, 1.165) is 5.69 Å². The van der Waals surface area contributed by atoms with Gasteiger partial charge >= 0.3 is 5.97 Å². The second kappa shape index (κ2) is 7.26. The van der Waals surface area contributed by atoms with Crippen LogP contribution in [0.4, 0.5) is 0 Å². The fraction of sp³-hybridized carbons (Fsp3) is 0.208. The normalized spacial score (nSPS) is 15.7. The van der Waals surface area contributed by atoms with Crippen LogP contribution >= 0.6 is 0 Å². The van der Waals surface area contributed by atoms with Crippen LogP contribution in [0.25, 0.3) is 22.1 Å². The number of esters is 1. The number of hydrogen-bond acceptors (Lipinski definition) is 7. The van der Waals surface area contributed by atoms with Crippen LogP contribution in [0, 0.1) is 0 Å². The summed E-state index contributed by atoms with van der Waals surface area (Å²) in [7, 11) is 0. The van der Waals surface area contributed by atoms with Crippen LogP contribution < -0.4 is 10.2 Å². The number of fused-ring (bicyclic) bond motifs is 3. The van der Waals surface area contributed by atoms with E-state index in [1.807, 2.05) is 24.6 Å². The van der Waals surface area contributed by atoms with E-state index in [9.17, 15) is 19.8 Å². The van der Waals surface area contributed by atoms with Gasteiger partial charge in [0.1, 0.15) is 34.5 Å². The Balaban J connectivity index is 1.78. The highest BCUT2D eigenvalue weighted by molar-refractivity contribution is 5.94. The number of rotatable bonds is 3. The van der Waals surface area contributed by atoms with E-state index in [1.165, 1.54) is 24.5 Å². The molecule has 1 aliphatic heterocycles. The van der Waals surface area contributed by atoms with E-state index >= 15 is 0 Å². The van der Waals surface area contributed by atoms with E-state index in [1.54, 1.807) is 18.3 Å². The highest BCUT2D eigenvalue weighted by Gasteiger charge is 2.35. The van der Waals surface area contributed by atoms with Crippen molar-refractivity contribution in [2.24, 2.45) is 0 Å². The molecule has 4 aromatic rings. The molecule has 32 heavy (non-hydrogen) atoms. The summed E-state index contributed by atoms with van der Waals surface area (Å²) in [6.07, 6.45) is 3.04. The Bertz CT molecular complexity index is 1420. The quantitative estimate of drug-likeness (QED) is 0.370. The molecule has 8 heteroatoms. The predicted molar refractivity (Wildman–Crippen MR) is 116 cm³/mol. The van der Waals surface area contributed by atoms with Crippen LogP contribution in [0.5, 0.6) is 17.2 Å². The number of aromatic nitrogens is 2. The Kier molecular flexibility index (Phi) is 4.51. The summed E-state index contributed by atoms with van der Waals surface area (Å²) in [4.78, 5) is 25.7. The Labute approximate surface area is 182 Å². The molecule has 2 aromatic carbocycles. The lowest BCUT2D eigenvalue weighted by atomic mass is 9.87. The highest BCUT2D eigenvalue weighted by Crippen LogP contribution is 2.45. The summed E-state index contributed by atoms with van der Waals surface area (Å²) in [5.74, 6) is -1.00. The first-order valence-corrected chi connectivity index (χ1v) is 10.2. The molecule has 162 valence electrons. The van der Waals surface area contributed by atoms with Gasteiger partial charge in [-0.3, -0.25) is 14.3 Å². The standard InChI is InChI=1S/C24H20N2O6/c1-12(2)26-17(7-8-25-26)15-9-20(29)32-19-10-18(28)22-23(30)16(11-31-24(22)21(15)19)13-3-5-14(27)6-4-13/h3-8,10-12,15,27-28H,9H2,1-2H3/t15-/m1/s1. The van der Waals surface area contributed by atoms with Gasteiger partial charge in [0.2, 0.25) is 5.43 Å². The molecule has 2 aromatic heterocycles. The van der Waals surface area contributed by atoms with E-state index < -0.39 is 17.3 Å². The molecule has 0 spiro atoms. The third kappa shape index (κ3) is 3.03. The maximum absolute atomic E-state index is 13.3. The van der Waals surface area contributed by atoms with Gasteiger partial charge in [-0.1, -0.05) is 12.1 Å². The van der Waals surface area contributed by atoms with Gasteiger partial charge in [-0.05, 0) is 37.6 Å². The summed E-state index contributed by atoms with van der Waals surface area (Å²) < 4.78 is 13.1. The van der Waals surface area contributed by atoms with Crippen molar-refractivity contribution < 1.29 is 24.2 Å². The summed E-state index contributed by atoms with van der Waals surface area (Å²) in [5, 5.41) is 24.6. The molecule has 1 atom stereocenters. The number of ether oxygens (including phenoxy) is 1. The van der Waals surface area contributed by atoms with Crippen LogP contribution in [0.2, 0.25) is 0 Å². The van der Waals surface area contributed by atoms with Crippen molar-refractivity contribution in [2.45, 2.75) is 32.2 Å². The molecule has 3 heterocycles. The van der Waals surface area contributed by atoms with Gasteiger partial charge in [-0.2, -0.15) is 5.10 Å². The zero-order chi connectivity index (χ0) is 22.6. The number of carbonyl (C=O) groups is 1. The van der Waals surface area contributed by atoms with Crippen LogP contribution in [0.3, 0.4) is 0 Å². The molecule has 0 saturated carbocycles. The van der Waals surface area contributed by atoms with Gasteiger partial charge in [0, 0.05) is 35.5 Å². The van der Waals surface area contributed by atoms with Gasteiger partial charge in [0.05, 0.1) is 12.0 Å². The van der Waals surface area contributed by atoms with Crippen LogP contribution in [-0.4, -0.2) is 26.0 Å². The maximum Gasteiger partial charge on any atom is 0.312 e. The van der Waals surface area contributed by atoms with E-state index in [4.69, 9.17) is 9.15 Å². The third-order valence-electron chi connectivity index (χ3n) is 5.70. The monoisotopic (exact) mass is 432 g/mol. The minimum Gasteiger partial charge on any atom is -0.508 e.